The average Bonchev–Trinajstić information content (AvgIpc) is 2.55. The number of benzene rings is 1. The fourth-order valence-corrected chi connectivity index (χ4v) is 3.40. The molecule has 0 aliphatic carbocycles. The quantitative estimate of drug-likeness (QED) is 0.917. The van der Waals surface area contributed by atoms with Gasteiger partial charge in [-0.2, -0.15) is 0 Å². The van der Waals surface area contributed by atoms with Gasteiger partial charge in [-0.15, -0.1) is 0 Å². The first-order valence-electron chi connectivity index (χ1n) is 8.70. The molecule has 0 unspecified atom stereocenters. The number of nitrogens with zero attached hydrogens (tertiary/aromatic N) is 2. The van der Waals surface area contributed by atoms with E-state index in [1.165, 1.54) is 16.7 Å². The summed E-state index contributed by atoms with van der Waals surface area (Å²) >= 11 is 0. The van der Waals surface area contributed by atoms with Crippen LogP contribution < -0.4 is 10.1 Å². The zero-order chi connectivity index (χ0) is 16.9. The summed E-state index contributed by atoms with van der Waals surface area (Å²) in [5, 5.41) is 3.49. The van der Waals surface area contributed by atoms with Crippen molar-refractivity contribution in [3.63, 3.8) is 0 Å². The summed E-state index contributed by atoms with van der Waals surface area (Å²) in [4.78, 5) is 6.84. The van der Waals surface area contributed by atoms with E-state index in [0.717, 1.165) is 37.6 Å². The third-order valence-corrected chi connectivity index (χ3v) is 4.47. The van der Waals surface area contributed by atoms with Crippen molar-refractivity contribution in [3.05, 3.63) is 58.9 Å². The van der Waals surface area contributed by atoms with Gasteiger partial charge in [0.15, 0.2) is 0 Å². The standard InChI is InChI=1S/C20H27N3O/c1-15-10-18(13-23-9-8-21-17(3)12-23)11-16(2)20(15)24-14-19-6-4-5-7-22-19/h4-7,10-11,17,21H,8-9,12-14H2,1-3H3/t17-/m0/s1. The third-order valence-electron chi connectivity index (χ3n) is 4.47. The second-order valence-electron chi connectivity index (χ2n) is 6.76. The third kappa shape index (κ3) is 4.34. The molecule has 4 nitrogen and oxygen atoms in total. The van der Waals surface area contributed by atoms with E-state index in [0.29, 0.717) is 12.6 Å². The lowest BCUT2D eigenvalue weighted by molar-refractivity contribution is 0.199. The van der Waals surface area contributed by atoms with Gasteiger partial charge in [0.25, 0.3) is 0 Å². The molecule has 2 aromatic rings. The van der Waals surface area contributed by atoms with Gasteiger partial charge in [-0.3, -0.25) is 9.88 Å². The Morgan fingerprint density at radius 3 is 2.71 bits per heavy atom. The van der Waals surface area contributed by atoms with Gasteiger partial charge in [-0.25, -0.2) is 0 Å². The number of piperazine rings is 1. The first-order chi connectivity index (χ1) is 11.6. The number of hydrogen-bond donors (Lipinski definition) is 1. The molecule has 1 N–H and O–H groups in total. The molecule has 1 aliphatic heterocycles. The van der Waals surface area contributed by atoms with Crippen molar-refractivity contribution < 1.29 is 4.74 Å². The smallest absolute Gasteiger partial charge is 0.130 e. The minimum Gasteiger partial charge on any atom is -0.487 e. The SMILES string of the molecule is Cc1cc(CN2CCN[C@@H](C)C2)cc(C)c1OCc1ccccn1. The van der Waals surface area contributed by atoms with Crippen LogP contribution in [0.4, 0.5) is 0 Å². The second-order valence-corrected chi connectivity index (χ2v) is 6.76. The normalized spacial score (nSPS) is 18.5. The molecule has 1 aliphatic rings. The predicted octanol–water partition coefficient (Wildman–Crippen LogP) is 3.07. The number of nitrogens with one attached hydrogen (secondary N) is 1. The number of aryl methyl sites for hydroxylation is 2. The fraction of sp³-hybridized carbons (Fsp3) is 0.450. The fourth-order valence-electron chi connectivity index (χ4n) is 3.40. The molecule has 3 rings (SSSR count). The summed E-state index contributed by atoms with van der Waals surface area (Å²) in [7, 11) is 0. The van der Waals surface area contributed by atoms with Crippen molar-refractivity contribution >= 4 is 0 Å². The van der Waals surface area contributed by atoms with Crippen molar-refractivity contribution in [2.75, 3.05) is 19.6 Å². The highest BCUT2D eigenvalue weighted by Crippen LogP contribution is 2.26. The van der Waals surface area contributed by atoms with Crippen LogP contribution in [0.15, 0.2) is 36.5 Å². The van der Waals surface area contributed by atoms with Crippen LogP contribution >= 0.6 is 0 Å². The van der Waals surface area contributed by atoms with Crippen LogP contribution in [0.2, 0.25) is 0 Å². The monoisotopic (exact) mass is 325 g/mol. The maximum atomic E-state index is 6.03. The van der Waals surface area contributed by atoms with Crippen molar-refractivity contribution in [2.45, 2.75) is 40.0 Å². The maximum absolute atomic E-state index is 6.03. The van der Waals surface area contributed by atoms with E-state index in [4.69, 9.17) is 4.74 Å². The van der Waals surface area contributed by atoms with Crippen LogP contribution in [0.25, 0.3) is 0 Å². The zero-order valence-electron chi connectivity index (χ0n) is 14.9. The molecule has 1 aromatic heterocycles. The van der Waals surface area contributed by atoms with Crippen molar-refractivity contribution in [2.24, 2.45) is 0 Å². The molecule has 1 fully saturated rings. The van der Waals surface area contributed by atoms with Crippen molar-refractivity contribution in [3.8, 4) is 5.75 Å². The lowest BCUT2D eigenvalue weighted by atomic mass is 10.0. The molecule has 1 atom stereocenters. The van der Waals surface area contributed by atoms with E-state index in [2.05, 4.69) is 48.1 Å². The van der Waals surface area contributed by atoms with Gasteiger partial charge in [-0.05, 0) is 49.6 Å². The van der Waals surface area contributed by atoms with E-state index in [1.54, 1.807) is 6.20 Å². The molecular weight excluding hydrogens is 298 g/mol. The Morgan fingerprint density at radius 2 is 2.04 bits per heavy atom. The highest BCUT2D eigenvalue weighted by molar-refractivity contribution is 5.43. The van der Waals surface area contributed by atoms with Crippen LogP contribution in [0.3, 0.4) is 0 Å². The van der Waals surface area contributed by atoms with E-state index in [1.807, 2.05) is 18.2 Å². The lowest BCUT2D eigenvalue weighted by Gasteiger charge is -2.32. The number of pyridine rings is 1. The highest BCUT2D eigenvalue weighted by atomic mass is 16.5. The van der Waals surface area contributed by atoms with Gasteiger partial charge in [0, 0.05) is 38.4 Å². The molecule has 1 aromatic carbocycles. The Labute approximate surface area is 144 Å². The Bertz CT molecular complexity index is 649. The Hall–Kier alpha value is -1.91. The number of rotatable bonds is 5. The topological polar surface area (TPSA) is 37.4 Å². The molecular formula is C20H27N3O. The highest BCUT2D eigenvalue weighted by Gasteiger charge is 2.16. The molecule has 0 bridgehead atoms. The van der Waals surface area contributed by atoms with Crippen LogP contribution in [-0.2, 0) is 13.2 Å². The van der Waals surface area contributed by atoms with Gasteiger partial charge in [0.05, 0.1) is 5.69 Å². The lowest BCUT2D eigenvalue weighted by Crippen LogP contribution is -2.48. The number of hydrogen-bond acceptors (Lipinski definition) is 4. The average molecular weight is 325 g/mol. The maximum Gasteiger partial charge on any atom is 0.130 e. The van der Waals surface area contributed by atoms with Gasteiger partial charge in [0.2, 0.25) is 0 Å². The van der Waals surface area contributed by atoms with E-state index >= 15 is 0 Å². The first-order valence-corrected chi connectivity index (χ1v) is 8.70. The Morgan fingerprint density at radius 1 is 1.25 bits per heavy atom. The molecule has 128 valence electrons. The molecule has 0 amide bonds. The summed E-state index contributed by atoms with van der Waals surface area (Å²) in [6.07, 6.45) is 1.80. The van der Waals surface area contributed by atoms with Gasteiger partial charge < -0.3 is 10.1 Å². The van der Waals surface area contributed by atoms with Crippen molar-refractivity contribution in [1.82, 2.24) is 15.2 Å². The molecule has 24 heavy (non-hydrogen) atoms. The van der Waals surface area contributed by atoms with Crippen LogP contribution in [-0.4, -0.2) is 35.6 Å². The minimum atomic E-state index is 0.511. The summed E-state index contributed by atoms with van der Waals surface area (Å²) < 4.78 is 6.03. The second kappa shape index (κ2) is 7.77. The number of aromatic nitrogens is 1. The molecule has 0 saturated carbocycles. The van der Waals surface area contributed by atoms with Crippen LogP contribution in [0, 0.1) is 13.8 Å². The molecule has 0 radical (unpaired) electrons. The minimum absolute atomic E-state index is 0.511. The number of ether oxygens (including phenoxy) is 1. The molecule has 4 heteroatoms. The molecule has 2 heterocycles. The predicted molar refractivity (Wildman–Crippen MR) is 97.2 cm³/mol. The van der Waals surface area contributed by atoms with Gasteiger partial charge in [0.1, 0.15) is 12.4 Å². The summed E-state index contributed by atoms with van der Waals surface area (Å²) in [6, 6.07) is 11.0. The summed E-state index contributed by atoms with van der Waals surface area (Å²) in [5.41, 5.74) is 4.72. The Balaban J connectivity index is 1.66. The molecule has 1 saturated heterocycles. The van der Waals surface area contributed by atoms with E-state index in [-0.39, 0.29) is 0 Å². The van der Waals surface area contributed by atoms with Crippen LogP contribution in [0.5, 0.6) is 5.75 Å². The summed E-state index contributed by atoms with van der Waals surface area (Å²) in [5.74, 6) is 0.984. The molecule has 0 spiro atoms. The van der Waals surface area contributed by atoms with E-state index < -0.39 is 0 Å². The summed E-state index contributed by atoms with van der Waals surface area (Å²) in [6.45, 7) is 11.3. The largest absolute Gasteiger partial charge is 0.487 e. The Kier molecular flexibility index (Phi) is 5.48. The van der Waals surface area contributed by atoms with Gasteiger partial charge in [-0.1, -0.05) is 18.2 Å². The van der Waals surface area contributed by atoms with Crippen LogP contribution in [0.1, 0.15) is 29.3 Å². The zero-order valence-corrected chi connectivity index (χ0v) is 14.9. The van der Waals surface area contributed by atoms with E-state index in [9.17, 15) is 0 Å². The first kappa shape index (κ1) is 16.9. The van der Waals surface area contributed by atoms with Crippen molar-refractivity contribution in [1.29, 1.82) is 0 Å². The van der Waals surface area contributed by atoms with Gasteiger partial charge >= 0.3 is 0 Å².